The van der Waals surface area contributed by atoms with Gasteiger partial charge in [0.05, 0.1) is 25.0 Å². The Labute approximate surface area is 118 Å². The summed E-state index contributed by atoms with van der Waals surface area (Å²) in [6.45, 7) is 3.67. The summed E-state index contributed by atoms with van der Waals surface area (Å²) in [5.41, 5.74) is 0.260. The zero-order valence-electron chi connectivity index (χ0n) is 11.8. The summed E-state index contributed by atoms with van der Waals surface area (Å²) in [5, 5.41) is 7.42. The molecule has 0 aliphatic carbocycles. The Morgan fingerprint density at radius 1 is 1.58 bits per heavy atom. The van der Waals surface area contributed by atoms with Gasteiger partial charge < -0.3 is 15.0 Å². The van der Waals surface area contributed by atoms with Crippen LogP contribution in [0.25, 0.3) is 0 Å². The molecule has 1 aromatic heterocycles. The van der Waals surface area contributed by atoms with Crippen LogP contribution in [0.15, 0.2) is 11.0 Å². The van der Waals surface area contributed by atoms with Gasteiger partial charge >= 0.3 is 0 Å². The lowest BCUT2D eigenvalue weighted by Crippen LogP contribution is -2.31. The van der Waals surface area contributed by atoms with Crippen LogP contribution < -0.4 is 10.9 Å². The van der Waals surface area contributed by atoms with Gasteiger partial charge in [-0.2, -0.15) is 5.10 Å². The molecule has 6 nitrogen and oxygen atoms in total. The van der Waals surface area contributed by atoms with Crippen molar-refractivity contribution < 1.29 is 4.74 Å². The van der Waals surface area contributed by atoms with Crippen molar-refractivity contribution >= 4 is 17.3 Å². The monoisotopic (exact) mass is 288 g/mol. The first-order valence-electron chi connectivity index (χ1n) is 6.11. The second-order valence-corrected chi connectivity index (χ2v) is 5.08. The molecule has 1 unspecified atom stereocenters. The van der Waals surface area contributed by atoms with Crippen LogP contribution >= 0.6 is 11.6 Å². The summed E-state index contributed by atoms with van der Waals surface area (Å²) >= 11 is 6.07. The van der Waals surface area contributed by atoms with Gasteiger partial charge in [-0.15, -0.1) is 0 Å². The van der Waals surface area contributed by atoms with Crippen molar-refractivity contribution in [3.05, 3.63) is 21.6 Å². The Kier molecular flexibility index (Phi) is 6.27. The molecule has 0 aromatic carbocycles. The Balaban J connectivity index is 2.81. The molecule has 0 aliphatic heterocycles. The van der Waals surface area contributed by atoms with Crippen LogP contribution in [0.4, 0.5) is 5.69 Å². The fraction of sp³-hybridized carbons (Fsp3) is 0.667. The predicted molar refractivity (Wildman–Crippen MR) is 77.0 cm³/mol. The van der Waals surface area contributed by atoms with E-state index in [1.807, 2.05) is 21.0 Å². The van der Waals surface area contributed by atoms with Gasteiger partial charge in [0.25, 0.3) is 5.56 Å². The van der Waals surface area contributed by atoms with Crippen LogP contribution in [-0.2, 0) is 11.3 Å². The third kappa shape index (κ3) is 4.81. The lowest BCUT2D eigenvalue weighted by molar-refractivity contribution is 0.182. The van der Waals surface area contributed by atoms with E-state index in [2.05, 4.69) is 15.3 Å². The molecule has 1 atom stereocenters. The highest BCUT2D eigenvalue weighted by molar-refractivity contribution is 6.32. The van der Waals surface area contributed by atoms with Crippen molar-refractivity contribution in [3.8, 4) is 0 Å². The molecule has 0 amide bonds. The largest absolute Gasteiger partial charge is 0.383 e. The van der Waals surface area contributed by atoms with Gasteiger partial charge in [0, 0.05) is 19.7 Å². The van der Waals surface area contributed by atoms with Gasteiger partial charge in [-0.3, -0.25) is 4.79 Å². The van der Waals surface area contributed by atoms with Gasteiger partial charge in [-0.05, 0) is 21.0 Å². The van der Waals surface area contributed by atoms with Crippen molar-refractivity contribution in [1.82, 2.24) is 14.7 Å². The summed E-state index contributed by atoms with van der Waals surface area (Å²) in [5.74, 6) is 0. The maximum atomic E-state index is 12.0. The van der Waals surface area contributed by atoms with E-state index < -0.39 is 0 Å². The topological polar surface area (TPSA) is 59.4 Å². The molecule has 1 heterocycles. The average molecular weight is 289 g/mol. The molecule has 19 heavy (non-hydrogen) atoms. The number of methoxy groups -OCH3 is 1. The van der Waals surface area contributed by atoms with Crippen molar-refractivity contribution in [2.75, 3.05) is 39.7 Å². The molecule has 0 saturated heterocycles. The van der Waals surface area contributed by atoms with E-state index >= 15 is 0 Å². The number of aromatic nitrogens is 2. The lowest BCUT2D eigenvalue weighted by atomic mass is 10.3. The Hall–Kier alpha value is -1.11. The molecule has 0 fully saturated rings. The van der Waals surface area contributed by atoms with E-state index in [9.17, 15) is 4.79 Å². The summed E-state index contributed by atoms with van der Waals surface area (Å²) in [6, 6.07) is 0.170. The van der Waals surface area contributed by atoms with Crippen molar-refractivity contribution in [1.29, 1.82) is 0 Å². The second kappa shape index (κ2) is 7.47. The van der Waals surface area contributed by atoms with Crippen LogP contribution in [0.2, 0.25) is 5.02 Å². The molecule has 1 N–H and O–H groups in total. The minimum Gasteiger partial charge on any atom is -0.383 e. The first kappa shape index (κ1) is 15.9. The fourth-order valence-corrected chi connectivity index (χ4v) is 1.96. The molecule has 7 heteroatoms. The Morgan fingerprint density at radius 2 is 2.26 bits per heavy atom. The molecule has 0 aliphatic rings. The van der Waals surface area contributed by atoms with Gasteiger partial charge in [0.15, 0.2) is 0 Å². The molecule has 1 rings (SSSR count). The Bertz CT molecular complexity index is 462. The summed E-state index contributed by atoms with van der Waals surface area (Å²) < 4.78 is 6.21. The number of ether oxygens (including phenoxy) is 1. The zero-order chi connectivity index (χ0) is 14.4. The molecular weight excluding hydrogens is 268 g/mol. The van der Waals surface area contributed by atoms with Crippen molar-refractivity contribution in [2.45, 2.75) is 19.5 Å². The molecule has 0 bridgehead atoms. The number of nitrogens with zero attached hydrogens (tertiary/aromatic N) is 3. The van der Waals surface area contributed by atoms with Crippen LogP contribution in [0.3, 0.4) is 0 Å². The number of likely N-dealkylation sites (N-methyl/N-ethyl adjacent to an activating group) is 1. The van der Waals surface area contributed by atoms with Crippen molar-refractivity contribution in [2.24, 2.45) is 0 Å². The smallest absolute Gasteiger partial charge is 0.287 e. The Morgan fingerprint density at radius 3 is 2.84 bits per heavy atom. The molecular formula is C12H21ClN4O2. The second-order valence-electron chi connectivity index (χ2n) is 4.70. The van der Waals surface area contributed by atoms with E-state index in [-0.39, 0.29) is 16.6 Å². The quantitative estimate of drug-likeness (QED) is 0.808. The van der Waals surface area contributed by atoms with E-state index in [4.69, 9.17) is 16.3 Å². The number of rotatable bonds is 7. The zero-order valence-corrected chi connectivity index (χ0v) is 12.6. The first-order valence-corrected chi connectivity index (χ1v) is 6.49. The summed E-state index contributed by atoms with van der Waals surface area (Å²) in [4.78, 5) is 14.0. The van der Waals surface area contributed by atoms with Crippen LogP contribution in [-0.4, -0.2) is 55.1 Å². The normalized spacial score (nSPS) is 12.7. The van der Waals surface area contributed by atoms with Gasteiger partial charge in [0.2, 0.25) is 0 Å². The van der Waals surface area contributed by atoms with E-state index in [0.717, 1.165) is 6.54 Å². The molecule has 0 radical (unpaired) electrons. The lowest BCUT2D eigenvalue weighted by Gasteiger charge is -2.19. The van der Waals surface area contributed by atoms with E-state index in [1.165, 1.54) is 4.68 Å². The summed E-state index contributed by atoms with van der Waals surface area (Å²) in [7, 11) is 5.55. The summed E-state index contributed by atoms with van der Waals surface area (Å²) in [6.07, 6.45) is 1.57. The van der Waals surface area contributed by atoms with Gasteiger partial charge in [-0.25, -0.2) is 4.68 Å². The molecule has 1 aromatic rings. The number of nitrogens with one attached hydrogen (secondary N) is 1. The maximum absolute atomic E-state index is 12.0. The van der Waals surface area contributed by atoms with Gasteiger partial charge in [0.1, 0.15) is 5.02 Å². The van der Waals surface area contributed by atoms with Crippen molar-refractivity contribution in [3.63, 3.8) is 0 Å². The van der Waals surface area contributed by atoms with Crippen LogP contribution in [0.5, 0.6) is 0 Å². The van der Waals surface area contributed by atoms with Gasteiger partial charge in [-0.1, -0.05) is 11.6 Å². The molecule has 0 spiro atoms. The minimum atomic E-state index is -0.305. The first-order chi connectivity index (χ1) is 8.95. The number of hydrogen-bond donors (Lipinski definition) is 1. The number of anilines is 1. The highest BCUT2D eigenvalue weighted by Crippen LogP contribution is 2.16. The highest BCUT2D eigenvalue weighted by Gasteiger charge is 2.11. The van der Waals surface area contributed by atoms with E-state index in [1.54, 1.807) is 13.3 Å². The third-order valence-corrected chi connectivity index (χ3v) is 2.90. The number of hydrogen-bond acceptors (Lipinski definition) is 5. The predicted octanol–water partition coefficient (Wildman–Crippen LogP) is 0.905. The minimum absolute atomic E-state index is 0.164. The van der Waals surface area contributed by atoms with Crippen LogP contribution in [0.1, 0.15) is 6.92 Å². The van der Waals surface area contributed by atoms with Crippen LogP contribution in [0, 0.1) is 0 Å². The molecule has 108 valence electrons. The standard InChI is InChI=1S/C12H21ClN4O2/c1-9(8-16(2)3)15-10-7-14-17(5-6-19-4)12(18)11(10)13/h7,9,15H,5-6,8H2,1-4H3. The fourth-order valence-electron chi connectivity index (χ4n) is 1.76. The third-order valence-electron chi connectivity index (χ3n) is 2.53. The maximum Gasteiger partial charge on any atom is 0.287 e. The number of halogens is 1. The molecule has 0 saturated carbocycles. The average Bonchev–Trinajstić information content (AvgIpc) is 2.33. The van der Waals surface area contributed by atoms with E-state index in [0.29, 0.717) is 18.8 Å². The highest BCUT2D eigenvalue weighted by atomic mass is 35.5. The SMILES string of the molecule is COCCn1ncc(NC(C)CN(C)C)c(Cl)c1=O.